The first kappa shape index (κ1) is 10.9. The Bertz CT molecular complexity index is 269. The molecule has 2 bridgehead atoms. The van der Waals surface area contributed by atoms with E-state index in [1.165, 1.54) is 0 Å². The van der Waals surface area contributed by atoms with Gasteiger partial charge in [-0.1, -0.05) is 20.8 Å². The Morgan fingerprint density at radius 3 is 2.40 bits per heavy atom. The van der Waals surface area contributed by atoms with Crippen LogP contribution in [-0.2, 0) is 4.79 Å². The molecule has 3 heteroatoms. The summed E-state index contributed by atoms with van der Waals surface area (Å²) in [5, 5.41) is 9.76. The number of hydrogen-bond donors (Lipinski definition) is 1. The molecule has 1 amide bonds. The third-order valence-electron chi connectivity index (χ3n) is 3.70. The van der Waals surface area contributed by atoms with Crippen molar-refractivity contribution in [3.8, 4) is 0 Å². The lowest BCUT2D eigenvalue weighted by Gasteiger charge is -2.49. The Balaban J connectivity index is 2.10. The van der Waals surface area contributed by atoms with Gasteiger partial charge in [-0.25, -0.2) is 0 Å². The Morgan fingerprint density at radius 1 is 1.33 bits per heavy atom. The number of nitrogens with zero attached hydrogens (tertiary/aromatic N) is 1. The van der Waals surface area contributed by atoms with Crippen molar-refractivity contribution in [3.05, 3.63) is 0 Å². The van der Waals surface area contributed by atoms with Crippen molar-refractivity contribution in [1.82, 2.24) is 4.90 Å². The number of piperidine rings is 2. The average Bonchev–Trinajstić information content (AvgIpc) is 2.16. The second kappa shape index (κ2) is 3.48. The fourth-order valence-electron chi connectivity index (χ4n) is 2.77. The van der Waals surface area contributed by atoms with Gasteiger partial charge in [-0.05, 0) is 19.3 Å². The van der Waals surface area contributed by atoms with Crippen molar-refractivity contribution < 1.29 is 9.90 Å². The fourth-order valence-corrected chi connectivity index (χ4v) is 2.77. The van der Waals surface area contributed by atoms with Crippen LogP contribution in [0, 0.1) is 11.3 Å². The minimum Gasteiger partial charge on any atom is -0.393 e. The van der Waals surface area contributed by atoms with E-state index < -0.39 is 0 Å². The summed E-state index contributed by atoms with van der Waals surface area (Å²) in [6.07, 6.45) is 2.77. The zero-order valence-electron chi connectivity index (χ0n) is 9.86. The predicted molar refractivity (Wildman–Crippen MR) is 58.3 cm³/mol. The minimum absolute atomic E-state index is 0.173. The molecular formula is C12H21NO2. The lowest BCUT2D eigenvalue weighted by atomic mass is 9.76. The first-order valence-corrected chi connectivity index (χ1v) is 5.88. The summed E-state index contributed by atoms with van der Waals surface area (Å²) in [5.74, 6) is 0.561. The normalized spacial score (nSPS) is 35.7. The van der Waals surface area contributed by atoms with Crippen molar-refractivity contribution >= 4 is 5.91 Å². The molecule has 0 spiro atoms. The molecule has 3 atom stereocenters. The van der Waals surface area contributed by atoms with E-state index in [2.05, 4.69) is 0 Å². The van der Waals surface area contributed by atoms with Gasteiger partial charge >= 0.3 is 0 Å². The Labute approximate surface area is 91.5 Å². The molecule has 1 saturated carbocycles. The molecule has 2 saturated heterocycles. The first-order valence-electron chi connectivity index (χ1n) is 5.88. The van der Waals surface area contributed by atoms with Crippen molar-refractivity contribution in [3.63, 3.8) is 0 Å². The van der Waals surface area contributed by atoms with E-state index >= 15 is 0 Å². The maximum absolute atomic E-state index is 12.2. The highest BCUT2D eigenvalue weighted by atomic mass is 16.3. The molecule has 2 heterocycles. The zero-order valence-corrected chi connectivity index (χ0v) is 9.86. The molecule has 0 aromatic rings. The van der Waals surface area contributed by atoms with Gasteiger partial charge in [-0.3, -0.25) is 4.79 Å². The molecule has 86 valence electrons. The van der Waals surface area contributed by atoms with E-state index in [-0.39, 0.29) is 23.5 Å². The molecule has 3 fully saturated rings. The van der Waals surface area contributed by atoms with E-state index in [1.54, 1.807) is 0 Å². The maximum atomic E-state index is 12.2. The summed E-state index contributed by atoms with van der Waals surface area (Å²) in [4.78, 5) is 14.2. The van der Waals surface area contributed by atoms with Crippen LogP contribution in [0.15, 0.2) is 0 Å². The third kappa shape index (κ3) is 1.89. The molecule has 2 aliphatic heterocycles. The number of carbonyl (C=O) groups excluding carboxylic acids is 1. The summed E-state index contributed by atoms with van der Waals surface area (Å²) in [5.41, 5.74) is -0.289. The highest BCUT2D eigenvalue weighted by Gasteiger charge is 2.43. The van der Waals surface area contributed by atoms with Crippen LogP contribution in [0.3, 0.4) is 0 Å². The maximum Gasteiger partial charge on any atom is 0.228 e. The molecule has 3 rings (SSSR count). The Morgan fingerprint density at radius 2 is 2.00 bits per heavy atom. The van der Waals surface area contributed by atoms with Crippen LogP contribution in [0.1, 0.15) is 40.0 Å². The summed E-state index contributed by atoms with van der Waals surface area (Å²) in [7, 11) is 0. The van der Waals surface area contributed by atoms with Crippen molar-refractivity contribution in [2.75, 3.05) is 6.54 Å². The lowest BCUT2D eigenvalue weighted by molar-refractivity contribution is -0.152. The highest BCUT2D eigenvalue weighted by Crippen LogP contribution is 2.37. The van der Waals surface area contributed by atoms with Gasteiger partial charge < -0.3 is 10.0 Å². The van der Waals surface area contributed by atoms with E-state index in [1.807, 2.05) is 25.7 Å². The van der Waals surface area contributed by atoms with Crippen molar-refractivity contribution in [1.29, 1.82) is 0 Å². The van der Waals surface area contributed by atoms with Gasteiger partial charge in [-0.15, -0.1) is 0 Å². The summed E-state index contributed by atoms with van der Waals surface area (Å²) < 4.78 is 0. The van der Waals surface area contributed by atoms with Crippen LogP contribution >= 0.6 is 0 Å². The Hall–Kier alpha value is -0.570. The van der Waals surface area contributed by atoms with E-state index in [0.717, 1.165) is 25.8 Å². The summed E-state index contributed by atoms with van der Waals surface area (Å²) in [6.45, 7) is 6.66. The van der Waals surface area contributed by atoms with Gasteiger partial charge in [0, 0.05) is 23.9 Å². The van der Waals surface area contributed by atoms with E-state index in [0.29, 0.717) is 5.92 Å². The smallest absolute Gasteiger partial charge is 0.228 e. The zero-order chi connectivity index (χ0) is 11.2. The first-order chi connectivity index (χ1) is 6.89. The van der Waals surface area contributed by atoms with Gasteiger partial charge in [0.25, 0.3) is 0 Å². The minimum atomic E-state index is -0.289. The molecular weight excluding hydrogens is 190 g/mol. The van der Waals surface area contributed by atoms with Crippen molar-refractivity contribution in [2.45, 2.75) is 52.2 Å². The fraction of sp³-hybridized carbons (Fsp3) is 0.917. The second-order valence-corrected chi connectivity index (χ2v) is 6.00. The number of fused-ring (bicyclic) bond motifs is 3. The van der Waals surface area contributed by atoms with Crippen LogP contribution in [0.5, 0.6) is 0 Å². The van der Waals surface area contributed by atoms with Crippen LogP contribution in [-0.4, -0.2) is 34.6 Å². The molecule has 3 unspecified atom stereocenters. The topological polar surface area (TPSA) is 40.5 Å². The molecule has 0 aromatic carbocycles. The van der Waals surface area contributed by atoms with E-state index in [9.17, 15) is 9.90 Å². The van der Waals surface area contributed by atoms with Crippen LogP contribution in [0.2, 0.25) is 0 Å². The average molecular weight is 211 g/mol. The molecule has 1 N–H and O–H groups in total. The second-order valence-electron chi connectivity index (χ2n) is 6.00. The van der Waals surface area contributed by atoms with Crippen LogP contribution < -0.4 is 0 Å². The predicted octanol–water partition coefficient (Wildman–Crippen LogP) is 1.40. The van der Waals surface area contributed by atoms with Gasteiger partial charge in [0.1, 0.15) is 0 Å². The monoisotopic (exact) mass is 211 g/mol. The molecule has 3 nitrogen and oxygen atoms in total. The number of aliphatic hydroxyl groups excluding tert-OH is 1. The van der Waals surface area contributed by atoms with Gasteiger partial charge in [0.05, 0.1) is 6.10 Å². The number of amides is 1. The molecule has 15 heavy (non-hydrogen) atoms. The van der Waals surface area contributed by atoms with Gasteiger partial charge in [0.15, 0.2) is 0 Å². The molecule has 0 radical (unpaired) electrons. The van der Waals surface area contributed by atoms with Gasteiger partial charge in [0.2, 0.25) is 5.91 Å². The summed E-state index contributed by atoms with van der Waals surface area (Å²) in [6, 6.07) is 0.289. The van der Waals surface area contributed by atoms with Gasteiger partial charge in [-0.2, -0.15) is 0 Å². The SMILES string of the molecule is CC(C)(C)C(=O)N1CC2CCC1CC2O. The number of rotatable bonds is 0. The third-order valence-corrected chi connectivity index (χ3v) is 3.70. The lowest BCUT2D eigenvalue weighted by Crippen LogP contribution is -2.58. The standard InChI is InChI=1S/C12H21NO2/c1-12(2,3)11(15)13-7-8-4-5-9(13)6-10(8)14/h8-10,14H,4-7H2,1-3H3. The molecule has 3 aliphatic rings. The quantitative estimate of drug-likeness (QED) is 0.658. The highest BCUT2D eigenvalue weighted by molar-refractivity contribution is 5.82. The number of carbonyl (C=O) groups is 1. The number of aliphatic hydroxyl groups is 1. The largest absolute Gasteiger partial charge is 0.393 e. The molecule has 1 aliphatic carbocycles. The molecule has 0 aromatic heterocycles. The van der Waals surface area contributed by atoms with Crippen LogP contribution in [0.4, 0.5) is 0 Å². The van der Waals surface area contributed by atoms with Crippen molar-refractivity contribution in [2.24, 2.45) is 11.3 Å². The van der Waals surface area contributed by atoms with Crippen LogP contribution in [0.25, 0.3) is 0 Å². The Kier molecular flexibility index (Phi) is 2.53. The summed E-state index contributed by atoms with van der Waals surface area (Å²) >= 11 is 0. The van der Waals surface area contributed by atoms with E-state index in [4.69, 9.17) is 0 Å². The number of hydrogen-bond acceptors (Lipinski definition) is 2.